The normalized spacial score (nSPS) is 21.9. The average molecular weight is 496 g/mol. The molecule has 204 valence electrons. The number of carboxylic acid groups (broad SMARTS) is 2. The van der Waals surface area contributed by atoms with Crippen molar-refractivity contribution in [2.45, 2.75) is 148 Å². The van der Waals surface area contributed by atoms with Gasteiger partial charge < -0.3 is 15.9 Å². The van der Waals surface area contributed by atoms with Gasteiger partial charge in [-0.05, 0) is 32.1 Å². The van der Waals surface area contributed by atoms with Crippen LogP contribution in [-0.4, -0.2) is 34.5 Å². The lowest BCUT2D eigenvalue weighted by Gasteiger charge is -2.42. The molecule has 0 radical (unpaired) electrons. The molecule has 0 amide bonds. The number of rotatable bonds is 23. The molecule has 0 heterocycles. The molecule has 6 nitrogen and oxygen atoms in total. The summed E-state index contributed by atoms with van der Waals surface area (Å²) in [6.07, 6.45) is 20.9. The molecule has 0 saturated heterocycles. The molecule has 4 N–H and O–H groups in total. The predicted octanol–water partition coefficient (Wildman–Crippen LogP) is 7.27. The summed E-state index contributed by atoms with van der Waals surface area (Å²) in [5, 5.41) is 19.1. The van der Waals surface area contributed by atoms with Crippen LogP contribution in [0, 0.1) is 10.8 Å². The number of carboxylic acids is 2. The molecule has 0 aromatic heterocycles. The van der Waals surface area contributed by atoms with Crippen molar-refractivity contribution in [2.24, 2.45) is 16.6 Å². The Morgan fingerprint density at radius 1 is 0.657 bits per heavy atom. The van der Waals surface area contributed by atoms with Crippen molar-refractivity contribution >= 4 is 17.7 Å². The number of hydrogen-bond acceptors (Lipinski definition) is 4. The highest BCUT2D eigenvalue weighted by molar-refractivity contribution is 5.93. The summed E-state index contributed by atoms with van der Waals surface area (Å²) in [6, 6.07) is 0. The van der Waals surface area contributed by atoms with Crippen molar-refractivity contribution < 1.29 is 24.6 Å². The van der Waals surface area contributed by atoms with Crippen LogP contribution in [-0.2, 0) is 14.4 Å². The molecule has 2 unspecified atom stereocenters. The van der Waals surface area contributed by atoms with Crippen LogP contribution < -0.4 is 5.73 Å². The SMILES string of the molecule is CCCCCCCCCC1(C(=O)CN)CCCC1(CCCCCCCCCCCC(=O)O)C(=O)O. The molecular weight excluding hydrogens is 442 g/mol. The van der Waals surface area contributed by atoms with Crippen LogP contribution in [0.15, 0.2) is 0 Å². The number of hydrogen-bond donors (Lipinski definition) is 3. The van der Waals surface area contributed by atoms with Gasteiger partial charge in [-0.1, -0.05) is 110 Å². The van der Waals surface area contributed by atoms with Gasteiger partial charge in [0, 0.05) is 11.8 Å². The van der Waals surface area contributed by atoms with Gasteiger partial charge in [-0.2, -0.15) is 0 Å². The number of carbonyl (C=O) groups is 3. The maximum atomic E-state index is 13.2. The number of Topliss-reactive ketones (excluding diaryl/α,β-unsaturated/α-hetero) is 1. The Labute approximate surface area is 213 Å². The van der Waals surface area contributed by atoms with Crippen LogP contribution in [0.4, 0.5) is 0 Å². The van der Waals surface area contributed by atoms with Crippen LogP contribution in [0.3, 0.4) is 0 Å². The topological polar surface area (TPSA) is 118 Å². The van der Waals surface area contributed by atoms with E-state index in [4.69, 9.17) is 10.8 Å². The van der Waals surface area contributed by atoms with Crippen molar-refractivity contribution in [3.8, 4) is 0 Å². The molecule has 0 aromatic carbocycles. The number of ketones is 1. The molecule has 0 aliphatic heterocycles. The first-order valence-electron chi connectivity index (χ1n) is 14.5. The number of carbonyl (C=O) groups excluding carboxylic acids is 1. The molecule has 1 aliphatic rings. The summed E-state index contributed by atoms with van der Waals surface area (Å²) in [7, 11) is 0. The van der Waals surface area contributed by atoms with Gasteiger partial charge in [-0.15, -0.1) is 0 Å². The van der Waals surface area contributed by atoms with Crippen LogP contribution in [0.2, 0.25) is 0 Å². The van der Waals surface area contributed by atoms with E-state index >= 15 is 0 Å². The Balaban J connectivity index is 2.52. The van der Waals surface area contributed by atoms with Crippen molar-refractivity contribution in [3.63, 3.8) is 0 Å². The van der Waals surface area contributed by atoms with E-state index in [0.29, 0.717) is 25.7 Å². The summed E-state index contributed by atoms with van der Waals surface area (Å²) in [5.41, 5.74) is 4.11. The highest BCUT2D eigenvalue weighted by Gasteiger charge is 2.61. The third-order valence-corrected chi connectivity index (χ3v) is 8.45. The maximum Gasteiger partial charge on any atom is 0.310 e. The van der Waals surface area contributed by atoms with Crippen LogP contribution in [0.1, 0.15) is 148 Å². The lowest BCUT2D eigenvalue weighted by atomic mass is 9.58. The van der Waals surface area contributed by atoms with Gasteiger partial charge >= 0.3 is 11.9 Å². The minimum Gasteiger partial charge on any atom is -0.481 e. The first kappa shape index (κ1) is 31.6. The van der Waals surface area contributed by atoms with Gasteiger partial charge in [-0.3, -0.25) is 14.4 Å². The number of unbranched alkanes of at least 4 members (excludes halogenated alkanes) is 14. The van der Waals surface area contributed by atoms with Crippen LogP contribution in [0.25, 0.3) is 0 Å². The van der Waals surface area contributed by atoms with E-state index in [-0.39, 0.29) is 18.7 Å². The van der Waals surface area contributed by atoms with Crippen molar-refractivity contribution in [2.75, 3.05) is 6.54 Å². The molecule has 0 bridgehead atoms. The molecule has 0 aromatic rings. The van der Waals surface area contributed by atoms with Crippen molar-refractivity contribution in [1.82, 2.24) is 0 Å². The number of nitrogens with two attached hydrogens (primary N) is 1. The maximum absolute atomic E-state index is 13.2. The Morgan fingerprint density at radius 2 is 1.09 bits per heavy atom. The van der Waals surface area contributed by atoms with Crippen LogP contribution in [0.5, 0.6) is 0 Å². The van der Waals surface area contributed by atoms with E-state index in [2.05, 4.69) is 6.92 Å². The van der Waals surface area contributed by atoms with E-state index in [9.17, 15) is 19.5 Å². The van der Waals surface area contributed by atoms with E-state index in [0.717, 1.165) is 83.5 Å². The van der Waals surface area contributed by atoms with Gasteiger partial charge in [0.1, 0.15) is 0 Å². The van der Waals surface area contributed by atoms with Gasteiger partial charge in [0.15, 0.2) is 5.78 Å². The van der Waals surface area contributed by atoms with Crippen molar-refractivity contribution in [3.05, 3.63) is 0 Å². The Bertz CT molecular complexity index is 622. The molecule has 35 heavy (non-hydrogen) atoms. The first-order chi connectivity index (χ1) is 16.9. The fraction of sp³-hybridized carbons (Fsp3) is 0.897. The molecular formula is C29H53NO5. The summed E-state index contributed by atoms with van der Waals surface area (Å²) >= 11 is 0. The van der Waals surface area contributed by atoms with E-state index in [1.165, 1.54) is 25.7 Å². The van der Waals surface area contributed by atoms with Gasteiger partial charge in [-0.25, -0.2) is 0 Å². The van der Waals surface area contributed by atoms with Gasteiger partial charge in [0.2, 0.25) is 0 Å². The third kappa shape index (κ3) is 10.2. The zero-order chi connectivity index (χ0) is 26.0. The summed E-state index contributed by atoms with van der Waals surface area (Å²) < 4.78 is 0. The Hall–Kier alpha value is -1.43. The smallest absolute Gasteiger partial charge is 0.310 e. The second-order valence-corrected chi connectivity index (χ2v) is 10.9. The summed E-state index contributed by atoms with van der Waals surface area (Å²) in [4.78, 5) is 36.4. The third-order valence-electron chi connectivity index (χ3n) is 8.45. The Morgan fingerprint density at radius 3 is 1.54 bits per heavy atom. The quantitative estimate of drug-likeness (QED) is 0.128. The van der Waals surface area contributed by atoms with Crippen molar-refractivity contribution in [1.29, 1.82) is 0 Å². The minimum absolute atomic E-state index is 0.0359. The second kappa shape index (κ2) is 17.9. The molecule has 1 saturated carbocycles. The summed E-state index contributed by atoms with van der Waals surface area (Å²) in [6.45, 7) is 2.15. The predicted molar refractivity (Wildman–Crippen MR) is 141 cm³/mol. The average Bonchev–Trinajstić information content (AvgIpc) is 3.21. The zero-order valence-corrected chi connectivity index (χ0v) is 22.5. The highest BCUT2D eigenvalue weighted by Crippen LogP contribution is 2.59. The highest BCUT2D eigenvalue weighted by atomic mass is 16.4. The number of aliphatic carboxylic acids is 2. The zero-order valence-electron chi connectivity index (χ0n) is 22.5. The Kier molecular flexibility index (Phi) is 16.2. The molecule has 6 heteroatoms. The largest absolute Gasteiger partial charge is 0.481 e. The lowest BCUT2D eigenvalue weighted by Crippen LogP contribution is -2.51. The van der Waals surface area contributed by atoms with E-state index in [1.807, 2.05) is 0 Å². The summed E-state index contributed by atoms with van der Waals surface area (Å²) in [5.74, 6) is -1.54. The fourth-order valence-corrected chi connectivity index (χ4v) is 6.38. The minimum atomic E-state index is -0.949. The standard InChI is InChI=1S/C29H53NO5/c1-2-3-4-5-10-13-16-20-28(25(31)24-30)22-18-23-29(28,27(34)35)21-17-14-11-8-6-7-9-12-15-19-26(32)33/h2-24,30H2,1H3,(H,32,33)(H,34,35). The monoisotopic (exact) mass is 495 g/mol. The molecule has 1 fully saturated rings. The molecule has 0 spiro atoms. The molecule has 2 atom stereocenters. The molecule has 1 aliphatic carbocycles. The molecule has 1 rings (SSSR count). The van der Waals surface area contributed by atoms with E-state index < -0.39 is 22.8 Å². The second-order valence-electron chi connectivity index (χ2n) is 10.9. The van der Waals surface area contributed by atoms with Gasteiger partial charge in [0.25, 0.3) is 0 Å². The fourth-order valence-electron chi connectivity index (χ4n) is 6.38. The van der Waals surface area contributed by atoms with E-state index in [1.54, 1.807) is 0 Å². The van der Waals surface area contributed by atoms with Crippen LogP contribution >= 0.6 is 0 Å². The van der Waals surface area contributed by atoms with Gasteiger partial charge in [0.05, 0.1) is 12.0 Å². The first-order valence-corrected chi connectivity index (χ1v) is 14.5. The lowest BCUT2D eigenvalue weighted by molar-refractivity contribution is -0.163.